The molecule has 3 aromatic rings. The Balaban J connectivity index is 1.53. The number of anilines is 1. The first-order chi connectivity index (χ1) is 13.6. The van der Waals surface area contributed by atoms with Crippen LogP contribution in [-0.2, 0) is 6.54 Å². The Morgan fingerprint density at radius 3 is 2.54 bits per heavy atom. The van der Waals surface area contributed by atoms with E-state index in [4.69, 9.17) is 9.15 Å². The highest BCUT2D eigenvalue weighted by Gasteiger charge is 2.21. The molecule has 1 saturated heterocycles. The van der Waals surface area contributed by atoms with Gasteiger partial charge in [-0.1, -0.05) is 24.3 Å². The third-order valence-electron chi connectivity index (χ3n) is 5.71. The van der Waals surface area contributed by atoms with Crippen molar-refractivity contribution in [2.24, 2.45) is 0 Å². The van der Waals surface area contributed by atoms with Gasteiger partial charge in [0.1, 0.15) is 11.3 Å². The predicted octanol–water partition coefficient (Wildman–Crippen LogP) is 3.74. The van der Waals surface area contributed by atoms with Crippen LogP contribution in [0.15, 0.2) is 51.7 Å². The second-order valence-electron chi connectivity index (χ2n) is 7.41. The lowest BCUT2D eigenvalue weighted by atomic mass is 10.0. The van der Waals surface area contributed by atoms with E-state index in [1.165, 1.54) is 0 Å². The molecule has 0 aliphatic carbocycles. The zero-order chi connectivity index (χ0) is 19.7. The topological polar surface area (TPSA) is 45.9 Å². The monoisotopic (exact) mass is 378 g/mol. The van der Waals surface area contributed by atoms with E-state index >= 15 is 0 Å². The van der Waals surface area contributed by atoms with Gasteiger partial charge in [-0.25, -0.2) is 4.79 Å². The van der Waals surface area contributed by atoms with Gasteiger partial charge in [-0.15, -0.1) is 0 Å². The number of fused-ring (bicyclic) bond motifs is 1. The van der Waals surface area contributed by atoms with Crippen molar-refractivity contribution in [3.05, 3.63) is 69.6 Å². The molecule has 1 aromatic heterocycles. The molecule has 1 aliphatic heterocycles. The molecule has 0 radical (unpaired) electrons. The number of aryl methyl sites for hydroxylation is 2. The summed E-state index contributed by atoms with van der Waals surface area (Å²) in [6, 6.07) is 14.0. The smallest absolute Gasteiger partial charge is 0.336 e. The van der Waals surface area contributed by atoms with Crippen LogP contribution in [-0.4, -0.2) is 38.2 Å². The van der Waals surface area contributed by atoms with E-state index in [2.05, 4.69) is 28.0 Å². The second kappa shape index (κ2) is 7.68. The summed E-state index contributed by atoms with van der Waals surface area (Å²) < 4.78 is 11.0. The van der Waals surface area contributed by atoms with Gasteiger partial charge in [0, 0.05) is 44.2 Å². The summed E-state index contributed by atoms with van der Waals surface area (Å²) in [5.41, 5.74) is 4.80. The van der Waals surface area contributed by atoms with E-state index in [0.29, 0.717) is 0 Å². The predicted molar refractivity (Wildman–Crippen MR) is 112 cm³/mol. The van der Waals surface area contributed by atoms with Gasteiger partial charge in [-0.3, -0.25) is 4.90 Å². The van der Waals surface area contributed by atoms with Gasteiger partial charge >= 0.3 is 5.63 Å². The van der Waals surface area contributed by atoms with Gasteiger partial charge in [-0.05, 0) is 42.7 Å². The standard InChI is InChI=1S/C23H26N2O3/c1-16-8-9-19-18(14-22(26)28-23(19)17(16)2)15-24-10-12-25(13-11-24)20-6-4-5-7-21(20)27-3/h4-9,14H,10-13,15H2,1-3H3. The quantitative estimate of drug-likeness (QED) is 0.647. The number of ether oxygens (including phenoxy) is 1. The second-order valence-corrected chi connectivity index (χ2v) is 7.41. The molecule has 0 unspecified atom stereocenters. The van der Waals surface area contributed by atoms with Crippen molar-refractivity contribution in [1.29, 1.82) is 0 Å². The SMILES string of the molecule is COc1ccccc1N1CCN(Cc2cc(=O)oc3c(C)c(C)ccc23)CC1. The minimum atomic E-state index is -0.274. The molecule has 0 saturated carbocycles. The summed E-state index contributed by atoms with van der Waals surface area (Å²) in [6.45, 7) is 8.53. The minimum Gasteiger partial charge on any atom is -0.495 e. The summed E-state index contributed by atoms with van der Waals surface area (Å²) in [4.78, 5) is 16.9. The van der Waals surface area contributed by atoms with E-state index in [1.807, 2.05) is 32.0 Å². The first kappa shape index (κ1) is 18.6. The van der Waals surface area contributed by atoms with Crippen LogP contribution in [0.1, 0.15) is 16.7 Å². The van der Waals surface area contributed by atoms with Crippen LogP contribution >= 0.6 is 0 Å². The van der Waals surface area contributed by atoms with E-state index < -0.39 is 0 Å². The highest BCUT2D eigenvalue weighted by Crippen LogP contribution is 2.29. The van der Waals surface area contributed by atoms with Gasteiger partial charge in [0.15, 0.2) is 0 Å². The van der Waals surface area contributed by atoms with Crippen LogP contribution in [0.3, 0.4) is 0 Å². The number of benzene rings is 2. The fraction of sp³-hybridized carbons (Fsp3) is 0.348. The van der Waals surface area contributed by atoms with Crippen molar-refractivity contribution in [2.45, 2.75) is 20.4 Å². The van der Waals surface area contributed by atoms with Crippen LogP contribution in [0.4, 0.5) is 5.69 Å². The number of rotatable bonds is 4. The molecule has 5 heteroatoms. The van der Waals surface area contributed by atoms with Crippen LogP contribution in [0.5, 0.6) is 5.75 Å². The normalized spacial score (nSPS) is 15.2. The van der Waals surface area contributed by atoms with Gasteiger partial charge in [0.2, 0.25) is 0 Å². The van der Waals surface area contributed by atoms with E-state index in [-0.39, 0.29) is 5.63 Å². The molecule has 0 bridgehead atoms. The Labute approximate surface area is 165 Å². The van der Waals surface area contributed by atoms with Crippen molar-refractivity contribution in [2.75, 3.05) is 38.2 Å². The first-order valence-electron chi connectivity index (χ1n) is 9.70. The highest BCUT2D eigenvalue weighted by atomic mass is 16.5. The fourth-order valence-corrected chi connectivity index (χ4v) is 3.93. The van der Waals surface area contributed by atoms with Crippen molar-refractivity contribution in [1.82, 2.24) is 4.90 Å². The average Bonchev–Trinajstić information content (AvgIpc) is 2.71. The molecule has 0 N–H and O–H groups in total. The molecule has 0 spiro atoms. The molecule has 1 fully saturated rings. The molecular formula is C23H26N2O3. The third-order valence-corrected chi connectivity index (χ3v) is 5.71. The molecular weight excluding hydrogens is 352 g/mol. The van der Waals surface area contributed by atoms with Crippen molar-refractivity contribution >= 4 is 16.7 Å². The Kier molecular flexibility index (Phi) is 5.09. The lowest BCUT2D eigenvalue weighted by Gasteiger charge is -2.36. The zero-order valence-corrected chi connectivity index (χ0v) is 16.7. The van der Waals surface area contributed by atoms with E-state index in [9.17, 15) is 4.79 Å². The average molecular weight is 378 g/mol. The van der Waals surface area contributed by atoms with Crippen LogP contribution in [0.25, 0.3) is 11.0 Å². The number of piperazine rings is 1. The van der Waals surface area contributed by atoms with Crippen molar-refractivity contribution in [3.63, 3.8) is 0 Å². The first-order valence-corrected chi connectivity index (χ1v) is 9.70. The molecule has 2 aromatic carbocycles. The Morgan fingerprint density at radius 1 is 1.04 bits per heavy atom. The summed E-state index contributed by atoms with van der Waals surface area (Å²) in [7, 11) is 1.71. The lowest BCUT2D eigenvalue weighted by Crippen LogP contribution is -2.46. The van der Waals surface area contributed by atoms with Crippen molar-refractivity contribution in [3.8, 4) is 5.75 Å². The van der Waals surface area contributed by atoms with Crippen molar-refractivity contribution < 1.29 is 9.15 Å². The highest BCUT2D eigenvalue weighted by molar-refractivity contribution is 5.83. The molecule has 2 heterocycles. The fourth-order valence-electron chi connectivity index (χ4n) is 3.93. The zero-order valence-electron chi connectivity index (χ0n) is 16.7. The number of methoxy groups -OCH3 is 1. The number of hydrogen-bond acceptors (Lipinski definition) is 5. The lowest BCUT2D eigenvalue weighted by molar-refractivity contribution is 0.249. The number of hydrogen-bond donors (Lipinski definition) is 0. The van der Waals surface area contributed by atoms with E-state index in [0.717, 1.165) is 71.8 Å². The van der Waals surface area contributed by atoms with Crippen LogP contribution in [0.2, 0.25) is 0 Å². The summed E-state index contributed by atoms with van der Waals surface area (Å²) >= 11 is 0. The summed E-state index contributed by atoms with van der Waals surface area (Å²) in [6.07, 6.45) is 0. The molecule has 0 atom stereocenters. The van der Waals surface area contributed by atoms with Gasteiger partial charge < -0.3 is 14.1 Å². The molecule has 28 heavy (non-hydrogen) atoms. The molecule has 1 aliphatic rings. The van der Waals surface area contributed by atoms with Crippen LogP contribution < -0.4 is 15.3 Å². The maximum atomic E-state index is 12.1. The summed E-state index contributed by atoms with van der Waals surface area (Å²) in [5.74, 6) is 0.911. The Hall–Kier alpha value is -2.79. The van der Waals surface area contributed by atoms with Gasteiger partial charge in [-0.2, -0.15) is 0 Å². The number of para-hydroxylation sites is 2. The molecule has 4 rings (SSSR count). The van der Waals surface area contributed by atoms with Gasteiger partial charge in [0.25, 0.3) is 0 Å². The summed E-state index contributed by atoms with van der Waals surface area (Å²) in [5, 5.41) is 1.04. The largest absolute Gasteiger partial charge is 0.495 e. The van der Waals surface area contributed by atoms with Crippen LogP contribution in [0, 0.1) is 13.8 Å². The molecule has 146 valence electrons. The van der Waals surface area contributed by atoms with E-state index in [1.54, 1.807) is 13.2 Å². The maximum Gasteiger partial charge on any atom is 0.336 e. The Morgan fingerprint density at radius 2 is 1.79 bits per heavy atom. The third kappa shape index (κ3) is 3.50. The number of nitrogens with zero attached hydrogens (tertiary/aromatic N) is 2. The molecule has 5 nitrogen and oxygen atoms in total. The Bertz CT molecular complexity index is 1050. The minimum absolute atomic E-state index is 0.274. The molecule has 0 amide bonds. The maximum absolute atomic E-state index is 12.1. The van der Waals surface area contributed by atoms with Gasteiger partial charge in [0.05, 0.1) is 12.8 Å².